The van der Waals surface area contributed by atoms with Gasteiger partial charge in [-0.15, -0.1) is 0 Å². The van der Waals surface area contributed by atoms with Crippen LogP contribution in [-0.2, 0) is 0 Å². The van der Waals surface area contributed by atoms with Crippen LogP contribution in [0, 0.1) is 17.3 Å². The molecule has 1 aromatic rings. The van der Waals surface area contributed by atoms with Crippen LogP contribution >= 0.6 is 15.9 Å². The molecule has 2 aliphatic rings. The fourth-order valence-corrected chi connectivity index (χ4v) is 5.14. The van der Waals surface area contributed by atoms with Gasteiger partial charge in [-0.25, -0.2) is 0 Å². The maximum absolute atomic E-state index is 3.65. The number of benzene rings is 1. The van der Waals surface area contributed by atoms with Gasteiger partial charge in [-0.05, 0) is 60.8 Å². The SMILES string of the molecule is CC1CCC(C)C2(CCNCC2c2cccc(Br)c2)C1. The molecule has 0 bridgehead atoms. The van der Waals surface area contributed by atoms with Gasteiger partial charge in [0.15, 0.2) is 0 Å². The Morgan fingerprint density at radius 3 is 2.90 bits per heavy atom. The lowest BCUT2D eigenvalue weighted by molar-refractivity contribution is 0.0184. The second kappa shape index (κ2) is 5.81. The molecule has 1 nitrogen and oxygen atoms in total. The van der Waals surface area contributed by atoms with Crippen molar-refractivity contribution in [3.05, 3.63) is 34.3 Å². The zero-order chi connectivity index (χ0) is 14.2. The molecular formula is C18H26BrN. The molecule has 1 spiro atoms. The van der Waals surface area contributed by atoms with E-state index in [4.69, 9.17) is 0 Å². The second-order valence-corrected chi connectivity index (χ2v) is 8.00. The van der Waals surface area contributed by atoms with Crippen LogP contribution in [0.15, 0.2) is 28.7 Å². The van der Waals surface area contributed by atoms with E-state index in [1.165, 1.54) is 42.3 Å². The third kappa shape index (κ3) is 2.57. The summed E-state index contributed by atoms with van der Waals surface area (Å²) in [5.74, 6) is 2.41. The smallest absolute Gasteiger partial charge is 0.0178 e. The molecule has 0 amide bonds. The quantitative estimate of drug-likeness (QED) is 0.764. The Morgan fingerprint density at radius 1 is 1.25 bits per heavy atom. The maximum atomic E-state index is 3.65. The molecule has 1 N–H and O–H groups in total. The van der Waals surface area contributed by atoms with E-state index in [1.54, 1.807) is 0 Å². The zero-order valence-corrected chi connectivity index (χ0v) is 14.2. The van der Waals surface area contributed by atoms with Crippen LogP contribution in [0.25, 0.3) is 0 Å². The van der Waals surface area contributed by atoms with Crippen molar-refractivity contribution in [2.45, 2.75) is 45.4 Å². The standard InChI is InChI=1S/C18H26BrN/c1-13-6-7-14(2)18(11-13)8-9-20-12-17(18)15-4-3-5-16(19)10-15/h3-5,10,13-14,17,20H,6-9,11-12H2,1-2H3. The van der Waals surface area contributed by atoms with Gasteiger partial charge in [0.2, 0.25) is 0 Å². The van der Waals surface area contributed by atoms with Crippen molar-refractivity contribution in [2.24, 2.45) is 17.3 Å². The van der Waals surface area contributed by atoms with Crippen LogP contribution < -0.4 is 5.32 Å². The van der Waals surface area contributed by atoms with Gasteiger partial charge in [-0.3, -0.25) is 0 Å². The average Bonchev–Trinajstić information content (AvgIpc) is 2.44. The van der Waals surface area contributed by atoms with Crippen molar-refractivity contribution in [1.29, 1.82) is 0 Å². The van der Waals surface area contributed by atoms with Crippen molar-refractivity contribution in [2.75, 3.05) is 13.1 Å². The Morgan fingerprint density at radius 2 is 2.10 bits per heavy atom. The highest BCUT2D eigenvalue weighted by Gasteiger charge is 2.47. The van der Waals surface area contributed by atoms with Gasteiger partial charge in [0.25, 0.3) is 0 Å². The monoisotopic (exact) mass is 335 g/mol. The fraction of sp³-hybridized carbons (Fsp3) is 0.667. The molecule has 1 aliphatic carbocycles. The minimum absolute atomic E-state index is 0.518. The summed E-state index contributed by atoms with van der Waals surface area (Å²) in [6.45, 7) is 7.30. The first-order chi connectivity index (χ1) is 9.62. The Balaban J connectivity index is 1.98. The van der Waals surface area contributed by atoms with Crippen molar-refractivity contribution in [1.82, 2.24) is 5.32 Å². The molecule has 20 heavy (non-hydrogen) atoms. The van der Waals surface area contributed by atoms with E-state index in [-0.39, 0.29) is 0 Å². The van der Waals surface area contributed by atoms with E-state index in [2.05, 4.69) is 59.4 Å². The van der Waals surface area contributed by atoms with E-state index >= 15 is 0 Å². The summed E-state index contributed by atoms with van der Waals surface area (Å²) in [7, 11) is 0. The van der Waals surface area contributed by atoms with Crippen molar-refractivity contribution in [3.63, 3.8) is 0 Å². The molecule has 3 rings (SSSR count). The normalized spacial score (nSPS) is 38.0. The van der Waals surface area contributed by atoms with Gasteiger partial charge in [0.1, 0.15) is 0 Å². The number of hydrogen-bond donors (Lipinski definition) is 1. The van der Waals surface area contributed by atoms with Gasteiger partial charge in [-0.1, -0.05) is 48.3 Å². The highest BCUT2D eigenvalue weighted by Crippen LogP contribution is 2.55. The summed E-state index contributed by atoms with van der Waals surface area (Å²) in [6.07, 6.45) is 5.58. The molecule has 2 fully saturated rings. The molecule has 110 valence electrons. The van der Waals surface area contributed by atoms with E-state index < -0.39 is 0 Å². The minimum Gasteiger partial charge on any atom is -0.316 e. The summed E-state index contributed by atoms with van der Waals surface area (Å²) in [6, 6.07) is 9.00. The van der Waals surface area contributed by atoms with Crippen molar-refractivity contribution in [3.8, 4) is 0 Å². The van der Waals surface area contributed by atoms with E-state index in [0.717, 1.165) is 18.4 Å². The van der Waals surface area contributed by atoms with Gasteiger partial charge >= 0.3 is 0 Å². The van der Waals surface area contributed by atoms with Crippen molar-refractivity contribution < 1.29 is 0 Å². The van der Waals surface area contributed by atoms with Crippen LogP contribution in [0.3, 0.4) is 0 Å². The molecule has 0 radical (unpaired) electrons. The third-order valence-corrected chi connectivity index (χ3v) is 6.36. The summed E-state index contributed by atoms with van der Waals surface area (Å²) in [5.41, 5.74) is 2.04. The molecular weight excluding hydrogens is 310 g/mol. The zero-order valence-electron chi connectivity index (χ0n) is 12.7. The molecule has 4 atom stereocenters. The minimum atomic E-state index is 0.518. The summed E-state index contributed by atoms with van der Waals surface area (Å²) in [4.78, 5) is 0. The first-order valence-electron chi connectivity index (χ1n) is 8.08. The van der Waals surface area contributed by atoms with E-state index in [0.29, 0.717) is 11.3 Å². The summed E-state index contributed by atoms with van der Waals surface area (Å²) < 4.78 is 1.22. The summed E-state index contributed by atoms with van der Waals surface area (Å²) >= 11 is 3.65. The number of nitrogens with one attached hydrogen (secondary N) is 1. The predicted molar refractivity (Wildman–Crippen MR) is 89.0 cm³/mol. The number of piperidine rings is 1. The van der Waals surface area contributed by atoms with Crippen LogP contribution in [0.2, 0.25) is 0 Å². The van der Waals surface area contributed by atoms with Crippen LogP contribution in [0.1, 0.15) is 51.0 Å². The van der Waals surface area contributed by atoms with Gasteiger partial charge < -0.3 is 5.32 Å². The highest BCUT2D eigenvalue weighted by molar-refractivity contribution is 9.10. The Bertz CT molecular complexity index is 472. The molecule has 1 aliphatic heterocycles. The fourth-order valence-electron chi connectivity index (χ4n) is 4.73. The molecule has 4 unspecified atom stereocenters. The average molecular weight is 336 g/mol. The van der Waals surface area contributed by atoms with Crippen molar-refractivity contribution >= 4 is 15.9 Å². The van der Waals surface area contributed by atoms with E-state index in [9.17, 15) is 0 Å². The lowest BCUT2D eigenvalue weighted by Gasteiger charge is -2.53. The van der Waals surface area contributed by atoms with Crippen LogP contribution in [0.4, 0.5) is 0 Å². The lowest BCUT2D eigenvalue weighted by atomic mass is 9.54. The Kier molecular flexibility index (Phi) is 4.24. The number of halogens is 1. The van der Waals surface area contributed by atoms with Gasteiger partial charge in [0, 0.05) is 16.9 Å². The second-order valence-electron chi connectivity index (χ2n) is 7.08. The Hall–Kier alpha value is -0.340. The summed E-state index contributed by atoms with van der Waals surface area (Å²) in [5, 5.41) is 3.64. The van der Waals surface area contributed by atoms with Crippen LogP contribution in [0.5, 0.6) is 0 Å². The first kappa shape index (κ1) is 14.6. The largest absolute Gasteiger partial charge is 0.316 e. The highest BCUT2D eigenvalue weighted by atomic mass is 79.9. The topological polar surface area (TPSA) is 12.0 Å². The molecule has 1 aromatic carbocycles. The lowest BCUT2D eigenvalue weighted by Crippen LogP contribution is -2.49. The molecule has 1 saturated carbocycles. The Labute approximate surface area is 131 Å². The maximum Gasteiger partial charge on any atom is 0.0178 e. The molecule has 1 heterocycles. The number of rotatable bonds is 1. The predicted octanol–water partition coefficient (Wildman–Crippen LogP) is 4.97. The molecule has 0 aromatic heterocycles. The van der Waals surface area contributed by atoms with E-state index in [1.807, 2.05) is 0 Å². The first-order valence-corrected chi connectivity index (χ1v) is 8.87. The van der Waals surface area contributed by atoms with Gasteiger partial charge in [-0.2, -0.15) is 0 Å². The van der Waals surface area contributed by atoms with Gasteiger partial charge in [0.05, 0.1) is 0 Å². The molecule has 1 saturated heterocycles. The number of hydrogen-bond acceptors (Lipinski definition) is 1. The molecule has 2 heteroatoms. The third-order valence-electron chi connectivity index (χ3n) is 5.86. The van der Waals surface area contributed by atoms with Crippen LogP contribution in [-0.4, -0.2) is 13.1 Å².